The molecule has 3 nitrogen and oxygen atoms in total. The van der Waals surface area contributed by atoms with Crippen LogP contribution in [0.3, 0.4) is 0 Å². The van der Waals surface area contributed by atoms with E-state index in [1.54, 1.807) is 16.9 Å². The van der Waals surface area contributed by atoms with Gasteiger partial charge in [0.25, 0.3) is 0 Å². The molecule has 0 atom stereocenters. The number of rotatable bonds is 4. The van der Waals surface area contributed by atoms with E-state index in [2.05, 4.69) is 10.4 Å². The summed E-state index contributed by atoms with van der Waals surface area (Å²) in [5, 5.41) is 6.48. The average molecular weight is 287 g/mol. The maximum Gasteiger partial charge on any atom is 0.185 e. The molecule has 1 aromatic carbocycles. The van der Waals surface area contributed by atoms with Gasteiger partial charge < -0.3 is 5.32 Å². The molecule has 20 heavy (non-hydrogen) atoms. The predicted molar refractivity (Wildman–Crippen MR) is 66.2 cm³/mol. The van der Waals surface area contributed by atoms with Gasteiger partial charge in [0.2, 0.25) is 0 Å². The van der Waals surface area contributed by atoms with Gasteiger partial charge in [-0.2, -0.15) is 5.10 Å². The first-order valence-electron chi connectivity index (χ1n) is 6.01. The van der Waals surface area contributed by atoms with Crippen LogP contribution in [0.25, 0.3) is 0 Å². The minimum absolute atomic E-state index is 0.0452. The molecule has 1 N–H and O–H groups in total. The Labute approximate surface area is 113 Å². The zero-order valence-electron chi connectivity index (χ0n) is 10.9. The lowest BCUT2D eigenvalue weighted by Crippen LogP contribution is -2.08. The van der Waals surface area contributed by atoms with Crippen LogP contribution in [0.2, 0.25) is 0 Å². The fourth-order valence-corrected chi connectivity index (χ4v) is 1.67. The molecule has 0 spiro atoms. The normalized spacial score (nSPS) is 11.2. The molecule has 0 saturated heterocycles. The molecule has 0 aliphatic heterocycles. The highest BCUT2D eigenvalue weighted by Crippen LogP contribution is 2.24. The Hall–Kier alpha value is -2.05. The van der Waals surface area contributed by atoms with Crippen molar-refractivity contribution in [1.82, 2.24) is 9.78 Å². The van der Waals surface area contributed by atoms with Gasteiger partial charge in [-0.3, -0.25) is 4.68 Å². The summed E-state index contributed by atoms with van der Waals surface area (Å²) >= 11 is 0. The molecule has 1 aromatic heterocycles. The highest BCUT2D eigenvalue weighted by Gasteiger charge is 2.19. The predicted octanol–water partition coefficient (Wildman–Crippen LogP) is 3.63. The van der Waals surface area contributed by atoms with Gasteiger partial charge in [0.1, 0.15) is 5.69 Å². The lowest BCUT2D eigenvalue weighted by molar-refractivity contribution is 0.458. The molecular formula is C13H13F4N3. The quantitative estimate of drug-likeness (QED) is 0.687. The van der Waals surface area contributed by atoms with E-state index >= 15 is 0 Å². The van der Waals surface area contributed by atoms with Crippen molar-refractivity contribution in [2.75, 3.05) is 5.32 Å². The third-order valence-electron chi connectivity index (χ3n) is 2.75. The fraction of sp³-hybridized carbons (Fsp3) is 0.308. The van der Waals surface area contributed by atoms with E-state index in [-0.39, 0.29) is 18.7 Å². The standard InChI is InChI=1S/C13H13F4N3/c1-7(2)20-4-3-8(19-20)6-18-13-11(16)9(14)5-10(15)12(13)17/h3-5,7,18H,6H2,1-2H3. The van der Waals surface area contributed by atoms with Crippen LogP contribution in [0.1, 0.15) is 25.6 Å². The molecule has 0 bridgehead atoms. The first-order valence-corrected chi connectivity index (χ1v) is 6.01. The van der Waals surface area contributed by atoms with Gasteiger partial charge in [-0.15, -0.1) is 0 Å². The maximum absolute atomic E-state index is 13.4. The topological polar surface area (TPSA) is 29.9 Å². The summed E-state index contributed by atoms with van der Waals surface area (Å²) in [6, 6.07) is 1.96. The summed E-state index contributed by atoms with van der Waals surface area (Å²) in [7, 11) is 0. The van der Waals surface area contributed by atoms with E-state index in [1.807, 2.05) is 13.8 Å². The van der Waals surface area contributed by atoms with Crippen molar-refractivity contribution in [3.8, 4) is 0 Å². The number of nitrogens with zero attached hydrogens (tertiary/aromatic N) is 2. The van der Waals surface area contributed by atoms with E-state index in [1.165, 1.54) is 0 Å². The number of benzene rings is 1. The molecule has 0 aliphatic carbocycles. The molecule has 0 radical (unpaired) electrons. The first kappa shape index (κ1) is 14.4. The number of anilines is 1. The van der Waals surface area contributed by atoms with Gasteiger partial charge in [-0.25, -0.2) is 17.6 Å². The molecule has 2 rings (SSSR count). The summed E-state index contributed by atoms with van der Waals surface area (Å²) in [6.07, 6.45) is 1.71. The van der Waals surface area contributed by atoms with E-state index in [0.29, 0.717) is 5.69 Å². The molecular weight excluding hydrogens is 274 g/mol. The molecule has 2 aromatic rings. The van der Waals surface area contributed by atoms with Crippen LogP contribution in [-0.4, -0.2) is 9.78 Å². The molecule has 0 saturated carbocycles. The van der Waals surface area contributed by atoms with E-state index in [9.17, 15) is 17.6 Å². The molecule has 0 fully saturated rings. The number of hydrogen-bond donors (Lipinski definition) is 1. The van der Waals surface area contributed by atoms with Crippen LogP contribution < -0.4 is 5.32 Å². The molecule has 108 valence electrons. The van der Waals surface area contributed by atoms with Gasteiger partial charge in [-0.1, -0.05) is 0 Å². The highest BCUT2D eigenvalue weighted by atomic mass is 19.2. The Balaban J connectivity index is 2.18. The summed E-state index contributed by atoms with van der Waals surface area (Å²) in [5.41, 5.74) is -0.330. The monoisotopic (exact) mass is 287 g/mol. The van der Waals surface area contributed by atoms with Crippen LogP contribution in [0.15, 0.2) is 18.3 Å². The van der Waals surface area contributed by atoms with E-state index in [4.69, 9.17) is 0 Å². The Bertz CT molecular complexity index is 596. The van der Waals surface area contributed by atoms with Gasteiger partial charge in [-0.05, 0) is 19.9 Å². The van der Waals surface area contributed by atoms with Crippen molar-refractivity contribution in [2.45, 2.75) is 26.4 Å². The second kappa shape index (κ2) is 5.52. The highest BCUT2D eigenvalue weighted by molar-refractivity contribution is 5.47. The molecule has 0 unspecified atom stereocenters. The third kappa shape index (κ3) is 2.76. The van der Waals surface area contributed by atoms with Crippen molar-refractivity contribution in [2.24, 2.45) is 0 Å². The summed E-state index contributed by atoms with van der Waals surface area (Å²) in [6.45, 7) is 3.80. The molecule has 7 heteroatoms. The lowest BCUT2D eigenvalue weighted by Gasteiger charge is -2.09. The Morgan fingerprint density at radius 3 is 2.25 bits per heavy atom. The first-order chi connectivity index (χ1) is 9.40. The molecule has 0 amide bonds. The van der Waals surface area contributed by atoms with Gasteiger partial charge in [0, 0.05) is 18.3 Å². The van der Waals surface area contributed by atoms with Crippen molar-refractivity contribution in [1.29, 1.82) is 0 Å². The summed E-state index contributed by atoms with van der Waals surface area (Å²) in [4.78, 5) is 0. The van der Waals surface area contributed by atoms with Crippen molar-refractivity contribution in [3.05, 3.63) is 47.3 Å². The Kier molecular flexibility index (Phi) is 3.96. The Morgan fingerprint density at radius 2 is 1.75 bits per heavy atom. The molecule has 0 aliphatic rings. The van der Waals surface area contributed by atoms with Crippen molar-refractivity contribution in [3.63, 3.8) is 0 Å². The summed E-state index contributed by atoms with van der Waals surface area (Å²) in [5.74, 6) is -5.79. The number of aromatic nitrogens is 2. The largest absolute Gasteiger partial charge is 0.374 e. The van der Waals surface area contributed by atoms with Crippen LogP contribution in [0, 0.1) is 23.3 Å². The smallest absolute Gasteiger partial charge is 0.185 e. The second-order valence-corrected chi connectivity index (χ2v) is 4.58. The van der Waals surface area contributed by atoms with Crippen LogP contribution in [0.5, 0.6) is 0 Å². The van der Waals surface area contributed by atoms with Crippen LogP contribution in [0.4, 0.5) is 23.2 Å². The second-order valence-electron chi connectivity index (χ2n) is 4.58. The van der Waals surface area contributed by atoms with E-state index in [0.717, 1.165) is 0 Å². The zero-order valence-corrected chi connectivity index (χ0v) is 10.9. The lowest BCUT2D eigenvalue weighted by atomic mass is 10.2. The fourth-order valence-electron chi connectivity index (χ4n) is 1.67. The number of nitrogens with one attached hydrogen (secondary N) is 1. The Morgan fingerprint density at radius 1 is 1.15 bits per heavy atom. The van der Waals surface area contributed by atoms with Gasteiger partial charge >= 0.3 is 0 Å². The van der Waals surface area contributed by atoms with Crippen molar-refractivity contribution < 1.29 is 17.6 Å². The zero-order chi connectivity index (χ0) is 14.9. The summed E-state index contributed by atoms with van der Waals surface area (Å²) < 4.78 is 54.5. The minimum Gasteiger partial charge on any atom is -0.374 e. The number of halogens is 4. The van der Waals surface area contributed by atoms with Gasteiger partial charge in [0.05, 0.1) is 12.2 Å². The SMILES string of the molecule is CC(C)n1ccc(CNc2c(F)c(F)cc(F)c2F)n1. The number of hydrogen-bond acceptors (Lipinski definition) is 2. The van der Waals surface area contributed by atoms with Crippen LogP contribution in [-0.2, 0) is 6.54 Å². The van der Waals surface area contributed by atoms with Crippen LogP contribution >= 0.6 is 0 Å². The van der Waals surface area contributed by atoms with Gasteiger partial charge in [0.15, 0.2) is 23.3 Å². The minimum atomic E-state index is -1.45. The third-order valence-corrected chi connectivity index (χ3v) is 2.75. The molecule has 1 heterocycles. The van der Waals surface area contributed by atoms with Crippen molar-refractivity contribution >= 4 is 5.69 Å². The average Bonchev–Trinajstić information content (AvgIpc) is 2.85. The maximum atomic E-state index is 13.4. The van der Waals surface area contributed by atoms with E-state index < -0.39 is 29.0 Å².